The van der Waals surface area contributed by atoms with Gasteiger partial charge in [-0.25, -0.2) is 9.97 Å². The summed E-state index contributed by atoms with van der Waals surface area (Å²) in [5.74, 6) is 0.709. The summed E-state index contributed by atoms with van der Waals surface area (Å²) in [6, 6.07) is 51.7. The van der Waals surface area contributed by atoms with Gasteiger partial charge in [0.05, 0.1) is 23.0 Å². The molecular formula is C45H33N3. The summed E-state index contributed by atoms with van der Waals surface area (Å²) in [7, 11) is 0. The largest absolute Gasteiger partial charge is 0.228 e. The smallest absolute Gasteiger partial charge is 0.160 e. The number of rotatable bonds is 4. The van der Waals surface area contributed by atoms with Crippen molar-refractivity contribution in [1.82, 2.24) is 9.97 Å². The van der Waals surface area contributed by atoms with Gasteiger partial charge in [0.15, 0.2) is 5.82 Å². The number of nitriles is 1. The predicted octanol–water partition coefficient (Wildman–Crippen LogP) is 11.4. The van der Waals surface area contributed by atoms with Gasteiger partial charge in [0.1, 0.15) is 0 Å². The van der Waals surface area contributed by atoms with E-state index < -0.39 is 0 Å². The quantitative estimate of drug-likeness (QED) is 0.198. The number of hydrogen-bond donors (Lipinski definition) is 0. The summed E-state index contributed by atoms with van der Waals surface area (Å²) in [5.41, 5.74) is 13.3. The Morgan fingerprint density at radius 2 is 1.21 bits per heavy atom. The van der Waals surface area contributed by atoms with Gasteiger partial charge in [-0.1, -0.05) is 135 Å². The van der Waals surface area contributed by atoms with Crippen LogP contribution in [0.3, 0.4) is 0 Å². The van der Waals surface area contributed by atoms with Gasteiger partial charge in [0.25, 0.3) is 0 Å². The molecule has 1 aromatic heterocycles. The van der Waals surface area contributed by atoms with Crippen molar-refractivity contribution in [3.63, 3.8) is 0 Å². The number of hydrogen-bond acceptors (Lipinski definition) is 3. The zero-order valence-electron chi connectivity index (χ0n) is 26.7. The molecule has 9 rings (SSSR count). The van der Waals surface area contributed by atoms with Crippen molar-refractivity contribution in [2.24, 2.45) is 0 Å². The molecule has 0 N–H and O–H groups in total. The highest BCUT2D eigenvalue weighted by Gasteiger charge is 2.44. The van der Waals surface area contributed by atoms with Crippen molar-refractivity contribution in [2.75, 3.05) is 0 Å². The first-order valence-electron chi connectivity index (χ1n) is 16.9. The van der Waals surface area contributed by atoms with Crippen molar-refractivity contribution in [3.05, 3.63) is 156 Å². The Labute approximate surface area is 281 Å². The van der Waals surface area contributed by atoms with E-state index in [4.69, 9.17) is 9.97 Å². The Balaban J connectivity index is 1.23. The van der Waals surface area contributed by atoms with Gasteiger partial charge in [-0.2, -0.15) is 5.26 Å². The van der Waals surface area contributed by atoms with Crippen LogP contribution in [-0.2, 0) is 5.41 Å². The van der Waals surface area contributed by atoms with Crippen LogP contribution in [0.25, 0.3) is 66.9 Å². The summed E-state index contributed by atoms with van der Waals surface area (Å²) in [5, 5.41) is 12.1. The molecule has 0 bridgehead atoms. The summed E-state index contributed by atoms with van der Waals surface area (Å²) in [4.78, 5) is 10.4. The maximum atomic E-state index is 9.78. The highest BCUT2D eigenvalue weighted by Crippen LogP contribution is 2.56. The molecule has 0 saturated heterocycles. The number of nitrogens with zero attached hydrogens (tertiary/aromatic N) is 3. The standard InChI is InChI=1S/C45H33N3/c46-29-30-20-22-36-39-27-33(21-23-40(39)45(41(36)26-30)24-9-2-10-25-45)35-17-7-8-18-37(35)42-28-43(48-44(47-42)32-13-3-1-4-14-32)38-19-11-15-31-12-5-6-16-34(31)38/h1,3-8,11-23,26-28H,2,9-10,24-25H2. The van der Waals surface area contributed by atoms with Crippen LogP contribution in [-0.4, -0.2) is 9.97 Å². The van der Waals surface area contributed by atoms with E-state index >= 15 is 0 Å². The molecule has 48 heavy (non-hydrogen) atoms. The summed E-state index contributed by atoms with van der Waals surface area (Å²) >= 11 is 0. The number of benzene rings is 6. The molecule has 0 radical (unpaired) electrons. The van der Waals surface area contributed by atoms with Crippen LogP contribution in [0.5, 0.6) is 0 Å². The first kappa shape index (κ1) is 28.4. The van der Waals surface area contributed by atoms with Gasteiger partial charge in [-0.15, -0.1) is 0 Å². The summed E-state index contributed by atoms with van der Waals surface area (Å²) in [6.07, 6.45) is 5.99. The highest BCUT2D eigenvalue weighted by atomic mass is 14.9. The third kappa shape index (κ3) is 4.56. The Hall–Kier alpha value is -5.85. The van der Waals surface area contributed by atoms with Crippen molar-refractivity contribution < 1.29 is 0 Å². The van der Waals surface area contributed by atoms with E-state index in [1.165, 1.54) is 57.9 Å². The zero-order chi connectivity index (χ0) is 32.1. The minimum Gasteiger partial charge on any atom is -0.228 e. The van der Waals surface area contributed by atoms with E-state index in [-0.39, 0.29) is 5.41 Å². The highest BCUT2D eigenvalue weighted by molar-refractivity contribution is 5.97. The second kappa shape index (κ2) is 11.4. The molecule has 1 spiro atoms. The third-order valence-electron chi connectivity index (χ3n) is 10.5. The summed E-state index contributed by atoms with van der Waals surface area (Å²) < 4.78 is 0. The van der Waals surface area contributed by atoms with Crippen LogP contribution in [0.2, 0.25) is 0 Å². The fraction of sp³-hybridized carbons (Fsp3) is 0.133. The summed E-state index contributed by atoms with van der Waals surface area (Å²) in [6.45, 7) is 0. The van der Waals surface area contributed by atoms with Gasteiger partial charge >= 0.3 is 0 Å². The van der Waals surface area contributed by atoms with Crippen molar-refractivity contribution in [2.45, 2.75) is 37.5 Å². The topological polar surface area (TPSA) is 49.6 Å². The Morgan fingerprint density at radius 3 is 2.04 bits per heavy atom. The van der Waals surface area contributed by atoms with Crippen molar-refractivity contribution in [1.29, 1.82) is 5.26 Å². The van der Waals surface area contributed by atoms with Gasteiger partial charge < -0.3 is 0 Å². The predicted molar refractivity (Wildman–Crippen MR) is 195 cm³/mol. The molecule has 1 heterocycles. The lowest BCUT2D eigenvalue weighted by Gasteiger charge is -2.36. The molecule has 3 heteroatoms. The van der Waals surface area contributed by atoms with E-state index in [2.05, 4.69) is 121 Å². The first-order valence-corrected chi connectivity index (χ1v) is 16.9. The van der Waals surface area contributed by atoms with Gasteiger partial charge in [0.2, 0.25) is 0 Å². The molecule has 1 fully saturated rings. The Bertz CT molecular complexity index is 2390. The van der Waals surface area contributed by atoms with E-state index in [0.29, 0.717) is 5.82 Å². The minimum atomic E-state index is -0.00156. The second-order valence-electron chi connectivity index (χ2n) is 13.2. The van der Waals surface area contributed by atoms with E-state index in [1.54, 1.807) is 0 Å². The SMILES string of the molecule is N#Cc1ccc2c(c1)C1(CCCCC1)c1ccc(-c3ccccc3-c3cc(-c4cccc5ccccc45)nc(-c4ccccc4)n3)cc1-2. The van der Waals surface area contributed by atoms with E-state index in [9.17, 15) is 5.26 Å². The monoisotopic (exact) mass is 615 g/mol. The van der Waals surface area contributed by atoms with E-state index in [0.717, 1.165) is 52.0 Å². The van der Waals surface area contributed by atoms with Crippen LogP contribution in [0, 0.1) is 11.3 Å². The molecule has 7 aromatic rings. The lowest BCUT2D eigenvalue weighted by Crippen LogP contribution is -2.28. The molecular weight excluding hydrogens is 583 g/mol. The number of aromatic nitrogens is 2. The normalized spacial score (nSPS) is 14.4. The molecule has 2 aliphatic rings. The molecule has 1 saturated carbocycles. The van der Waals surface area contributed by atoms with Crippen LogP contribution in [0.15, 0.2) is 140 Å². The fourth-order valence-electron chi connectivity index (χ4n) is 8.28. The lowest BCUT2D eigenvalue weighted by atomic mass is 9.67. The van der Waals surface area contributed by atoms with Crippen molar-refractivity contribution in [3.8, 4) is 62.2 Å². The minimum absolute atomic E-state index is 0.00156. The molecule has 6 aromatic carbocycles. The van der Waals surface area contributed by atoms with Gasteiger partial charge in [-0.3, -0.25) is 0 Å². The Morgan fingerprint density at radius 1 is 0.500 bits per heavy atom. The molecule has 0 unspecified atom stereocenters. The Kier molecular flexibility index (Phi) is 6.76. The zero-order valence-corrected chi connectivity index (χ0v) is 26.7. The maximum absolute atomic E-state index is 9.78. The first-order chi connectivity index (χ1) is 23.7. The molecule has 0 aliphatic heterocycles. The van der Waals surface area contributed by atoms with Crippen LogP contribution < -0.4 is 0 Å². The average Bonchev–Trinajstić information content (AvgIpc) is 3.42. The molecule has 228 valence electrons. The van der Waals surface area contributed by atoms with Crippen LogP contribution >= 0.6 is 0 Å². The van der Waals surface area contributed by atoms with Crippen LogP contribution in [0.4, 0.5) is 0 Å². The van der Waals surface area contributed by atoms with Gasteiger partial charge in [0, 0.05) is 22.1 Å². The van der Waals surface area contributed by atoms with Crippen molar-refractivity contribution >= 4 is 10.8 Å². The fourth-order valence-corrected chi connectivity index (χ4v) is 8.28. The molecule has 3 nitrogen and oxygen atoms in total. The van der Waals surface area contributed by atoms with E-state index in [1.807, 2.05) is 24.3 Å². The molecule has 2 aliphatic carbocycles. The van der Waals surface area contributed by atoms with Crippen LogP contribution in [0.1, 0.15) is 48.8 Å². The molecule has 0 atom stereocenters. The number of fused-ring (bicyclic) bond motifs is 6. The average molecular weight is 616 g/mol. The third-order valence-corrected chi connectivity index (χ3v) is 10.5. The second-order valence-corrected chi connectivity index (χ2v) is 13.2. The maximum Gasteiger partial charge on any atom is 0.160 e. The molecule has 0 amide bonds. The van der Waals surface area contributed by atoms with Gasteiger partial charge in [-0.05, 0) is 81.3 Å². The lowest BCUT2D eigenvalue weighted by molar-refractivity contribution is 0.353.